The molecule has 2 rings (SSSR count). The van der Waals surface area contributed by atoms with Crippen LogP contribution in [0.25, 0.3) is 11.0 Å². The van der Waals surface area contributed by atoms with Gasteiger partial charge >= 0.3 is 6.09 Å². The van der Waals surface area contributed by atoms with Crippen LogP contribution in [0.4, 0.5) is 4.79 Å². The molecule has 0 spiro atoms. The van der Waals surface area contributed by atoms with Crippen LogP contribution in [-0.2, 0) is 27.9 Å². The van der Waals surface area contributed by atoms with Crippen molar-refractivity contribution in [2.45, 2.75) is 45.9 Å². The fourth-order valence-electron chi connectivity index (χ4n) is 2.41. The molecule has 0 saturated carbocycles. The number of halogens is 1. The maximum atomic E-state index is 11.9. The van der Waals surface area contributed by atoms with Gasteiger partial charge in [-0.15, -0.1) is 0 Å². The summed E-state index contributed by atoms with van der Waals surface area (Å²) >= 11 is 3.39. The van der Waals surface area contributed by atoms with Crippen LogP contribution in [0.3, 0.4) is 0 Å². The molecule has 8 nitrogen and oxygen atoms in total. The first kappa shape index (κ1) is 20.7. The van der Waals surface area contributed by atoms with E-state index in [2.05, 4.69) is 26.2 Å². The van der Waals surface area contributed by atoms with Crippen molar-refractivity contribution in [2.75, 3.05) is 5.75 Å². The fraction of sp³-hybridized carbons (Fsp3) is 0.500. The number of benzene rings is 1. The molecule has 1 aromatic carbocycles. The number of carbonyl (C=O) groups excluding carboxylic acids is 1. The van der Waals surface area contributed by atoms with E-state index in [1.54, 1.807) is 20.8 Å². The van der Waals surface area contributed by atoms with Gasteiger partial charge in [-0.3, -0.25) is 4.55 Å². The van der Waals surface area contributed by atoms with Gasteiger partial charge in [-0.25, -0.2) is 9.78 Å². The predicted molar refractivity (Wildman–Crippen MR) is 102 cm³/mol. The summed E-state index contributed by atoms with van der Waals surface area (Å²) in [6.45, 7) is 5.79. The van der Waals surface area contributed by atoms with Crippen molar-refractivity contribution in [3.8, 4) is 0 Å². The van der Waals surface area contributed by atoms with Crippen LogP contribution >= 0.6 is 15.9 Å². The van der Waals surface area contributed by atoms with Crippen LogP contribution in [0.2, 0.25) is 0 Å². The predicted octanol–water partition coefficient (Wildman–Crippen LogP) is 3.10. The first-order chi connectivity index (χ1) is 11.9. The molecular weight excluding hydrogens is 426 g/mol. The average Bonchev–Trinajstić information content (AvgIpc) is 2.79. The van der Waals surface area contributed by atoms with Crippen molar-refractivity contribution in [1.29, 1.82) is 0 Å². The van der Waals surface area contributed by atoms with Gasteiger partial charge in [0.1, 0.15) is 11.4 Å². The van der Waals surface area contributed by atoms with E-state index in [9.17, 15) is 13.2 Å². The number of rotatable bonds is 6. The molecule has 0 aliphatic carbocycles. The summed E-state index contributed by atoms with van der Waals surface area (Å²) in [6, 6.07) is 5.55. The molecule has 0 radical (unpaired) electrons. The Morgan fingerprint density at radius 1 is 1.38 bits per heavy atom. The van der Waals surface area contributed by atoms with E-state index in [4.69, 9.17) is 9.29 Å². The average molecular weight is 448 g/mol. The van der Waals surface area contributed by atoms with Gasteiger partial charge in [0.2, 0.25) is 0 Å². The molecule has 0 bridgehead atoms. The normalized spacial score (nSPS) is 12.3. The fourth-order valence-corrected chi connectivity index (χ4v) is 3.25. The highest BCUT2D eigenvalue weighted by atomic mass is 79.9. The molecule has 0 unspecified atom stereocenters. The molecule has 1 aromatic heterocycles. The van der Waals surface area contributed by atoms with Crippen molar-refractivity contribution in [3.63, 3.8) is 0 Å². The molecule has 2 N–H and O–H groups in total. The van der Waals surface area contributed by atoms with Crippen molar-refractivity contribution in [3.05, 3.63) is 28.5 Å². The summed E-state index contributed by atoms with van der Waals surface area (Å²) in [5, 5.41) is 2.65. The van der Waals surface area contributed by atoms with Gasteiger partial charge < -0.3 is 14.6 Å². The molecule has 0 aliphatic rings. The summed E-state index contributed by atoms with van der Waals surface area (Å²) in [6.07, 6.45) is -0.338. The zero-order valence-corrected chi connectivity index (χ0v) is 17.2. The van der Waals surface area contributed by atoms with Gasteiger partial charge in [0.05, 0.1) is 23.3 Å². The Bertz CT molecular complexity index is 902. The number of alkyl carbamates (subject to hydrolysis) is 1. The Labute approximate surface area is 160 Å². The lowest BCUT2D eigenvalue weighted by Gasteiger charge is -2.19. The lowest BCUT2D eigenvalue weighted by atomic mass is 10.2. The molecule has 26 heavy (non-hydrogen) atoms. The molecule has 144 valence electrons. The Morgan fingerprint density at radius 2 is 2.08 bits per heavy atom. The van der Waals surface area contributed by atoms with Crippen molar-refractivity contribution < 1.29 is 22.5 Å². The standard InChI is InChI=1S/C16H22BrN3O5S/c1-16(2,3)25-15(21)18-10-14-19-12-9-11(17)5-6-13(12)20(14)7-4-8-26(22,23)24/h5-6,9H,4,7-8,10H2,1-3H3,(H,18,21)(H,22,23,24). The summed E-state index contributed by atoms with van der Waals surface area (Å²) in [5.41, 5.74) is 0.918. The van der Waals surface area contributed by atoms with Crippen LogP contribution in [0, 0.1) is 0 Å². The maximum absolute atomic E-state index is 11.9. The minimum Gasteiger partial charge on any atom is -0.444 e. The molecule has 0 aliphatic heterocycles. The van der Waals surface area contributed by atoms with Crippen molar-refractivity contribution in [1.82, 2.24) is 14.9 Å². The Morgan fingerprint density at radius 3 is 2.69 bits per heavy atom. The summed E-state index contributed by atoms with van der Waals surface area (Å²) < 4.78 is 38.7. The number of fused-ring (bicyclic) bond motifs is 1. The van der Waals surface area contributed by atoms with Crippen LogP contribution in [-0.4, -0.2) is 40.0 Å². The summed E-state index contributed by atoms with van der Waals surface area (Å²) in [4.78, 5) is 16.4. The number of nitrogens with one attached hydrogen (secondary N) is 1. The van der Waals surface area contributed by atoms with E-state index in [1.807, 2.05) is 22.8 Å². The molecule has 1 amide bonds. The lowest BCUT2D eigenvalue weighted by molar-refractivity contribution is 0.0521. The Kier molecular flexibility index (Phi) is 6.30. The second-order valence-electron chi connectivity index (χ2n) is 6.81. The number of hydrogen-bond donors (Lipinski definition) is 2. The highest BCUT2D eigenvalue weighted by Crippen LogP contribution is 2.21. The number of aryl methyl sites for hydroxylation is 1. The van der Waals surface area contributed by atoms with E-state index in [1.165, 1.54) is 0 Å². The van der Waals surface area contributed by atoms with E-state index in [0.29, 0.717) is 17.9 Å². The monoisotopic (exact) mass is 447 g/mol. The van der Waals surface area contributed by atoms with E-state index >= 15 is 0 Å². The summed E-state index contributed by atoms with van der Waals surface area (Å²) in [7, 11) is -4.03. The number of imidazole rings is 1. The van der Waals surface area contributed by atoms with Gasteiger partial charge in [0.25, 0.3) is 10.1 Å². The quantitative estimate of drug-likeness (QED) is 0.658. The number of carbonyl (C=O) groups is 1. The molecule has 1 heterocycles. The Balaban J connectivity index is 2.20. The summed E-state index contributed by atoms with van der Waals surface area (Å²) in [5.74, 6) is 0.224. The molecule has 0 saturated heterocycles. The van der Waals surface area contributed by atoms with Gasteiger partial charge in [-0.2, -0.15) is 8.42 Å². The van der Waals surface area contributed by atoms with Crippen LogP contribution < -0.4 is 5.32 Å². The van der Waals surface area contributed by atoms with Gasteiger partial charge in [0.15, 0.2) is 0 Å². The molecule has 10 heteroatoms. The number of ether oxygens (including phenoxy) is 1. The zero-order valence-electron chi connectivity index (χ0n) is 14.8. The molecule has 0 fully saturated rings. The minimum atomic E-state index is -4.03. The SMILES string of the molecule is CC(C)(C)OC(=O)NCc1nc2cc(Br)ccc2n1CCCS(=O)(=O)O. The second kappa shape index (κ2) is 7.93. The molecule has 2 aromatic rings. The third kappa shape index (κ3) is 6.26. The van der Waals surface area contributed by atoms with Crippen LogP contribution in [0.15, 0.2) is 22.7 Å². The highest BCUT2D eigenvalue weighted by molar-refractivity contribution is 9.10. The first-order valence-corrected chi connectivity index (χ1v) is 10.4. The first-order valence-electron chi connectivity index (χ1n) is 8.01. The topological polar surface area (TPSA) is 111 Å². The smallest absolute Gasteiger partial charge is 0.408 e. The zero-order chi connectivity index (χ0) is 19.5. The van der Waals surface area contributed by atoms with Crippen molar-refractivity contribution >= 4 is 43.2 Å². The van der Waals surface area contributed by atoms with Crippen LogP contribution in [0.5, 0.6) is 0 Å². The van der Waals surface area contributed by atoms with E-state index in [-0.39, 0.29) is 18.7 Å². The van der Waals surface area contributed by atoms with Crippen LogP contribution in [0.1, 0.15) is 33.0 Å². The van der Waals surface area contributed by atoms with E-state index in [0.717, 1.165) is 9.99 Å². The maximum Gasteiger partial charge on any atom is 0.408 e. The number of nitrogens with zero attached hydrogens (tertiary/aromatic N) is 2. The highest BCUT2D eigenvalue weighted by Gasteiger charge is 2.18. The molecular formula is C16H22BrN3O5S. The third-order valence-electron chi connectivity index (χ3n) is 3.36. The lowest BCUT2D eigenvalue weighted by Crippen LogP contribution is -2.32. The van der Waals surface area contributed by atoms with Gasteiger partial charge in [-0.1, -0.05) is 15.9 Å². The molecule has 0 atom stereocenters. The van der Waals surface area contributed by atoms with E-state index < -0.39 is 21.8 Å². The Hall–Kier alpha value is -1.65. The number of amides is 1. The largest absolute Gasteiger partial charge is 0.444 e. The van der Waals surface area contributed by atoms with Gasteiger partial charge in [-0.05, 0) is 45.4 Å². The van der Waals surface area contributed by atoms with Crippen molar-refractivity contribution in [2.24, 2.45) is 0 Å². The minimum absolute atomic E-state index is 0.132. The second-order valence-corrected chi connectivity index (χ2v) is 9.30. The third-order valence-corrected chi connectivity index (χ3v) is 4.66. The number of hydrogen-bond acceptors (Lipinski definition) is 5. The van der Waals surface area contributed by atoms with Gasteiger partial charge in [0, 0.05) is 11.0 Å². The number of aromatic nitrogens is 2.